The van der Waals surface area contributed by atoms with E-state index in [0.717, 1.165) is 23.4 Å². The zero-order valence-electron chi connectivity index (χ0n) is 17.5. The van der Waals surface area contributed by atoms with Gasteiger partial charge >= 0.3 is 6.18 Å². The molecule has 3 aromatic rings. The van der Waals surface area contributed by atoms with Crippen molar-refractivity contribution in [3.05, 3.63) is 83.0 Å². The second kappa shape index (κ2) is 8.70. The number of aryl methyl sites for hydroxylation is 1. The quantitative estimate of drug-likeness (QED) is 0.571. The van der Waals surface area contributed by atoms with Crippen LogP contribution in [0, 0.1) is 6.92 Å². The summed E-state index contributed by atoms with van der Waals surface area (Å²) in [4.78, 5) is 8.15. The highest BCUT2D eigenvalue weighted by atomic mass is 19.4. The summed E-state index contributed by atoms with van der Waals surface area (Å²) in [6, 6.07) is 15.1. The van der Waals surface area contributed by atoms with Crippen molar-refractivity contribution in [3.8, 4) is 11.5 Å². The summed E-state index contributed by atoms with van der Waals surface area (Å²) in [5, 5.41) is 20.6. The molecule has 0 aliphatic carbocycles. The van der Waals surface area contributed by atoms with Gasteiger partial charge in [-0.1, -0.05) is 42.0 Å². The molecular formula is C24H24F3N3O2. The summed E-state index contributed by atoms with van der Waals surface area (Å²) in [7, 11) is 0. The molecule has 5 nitrogen and oxygen atoms in total. The number of benzene rings is 2. The van der Waals surface area contributed by atoms with Gasteiger partial charge in [0, 0.05) is 37.9 Å². The van der Waals surface area contributed by atoms with Crippen molar-refractivity contribution in [2.75, 3.05) is 31.1 Å². The minimum atomic E-state index is -4.41. The van der Waals surface area contributed by atoms with E-state index in [9.17, 15) is 23.4 Å². The molecule has 8 heteroatoms. The fraction of sp³-hybridized carbons (Fsp3) is 0.292. The number of anilines is 1. The highest BCUT2D eigenvalue weighted by molar-refractivity contribution is 5.49. The maximum absolute atomic E-state index is 12.8. The minimum Gasteiger partial charge on any atom is -0.504 e. The molecule has 1 fully saturated rings. The molecule has 32 heavy (non-hydrogen) atoms. The van der Waals surface area contributed by atoms with Crippen molar-refractivity contribution in [2.24, 2.45) is 0 Å². The Morgan fingerprint density at radius 2 is 1.59 bits per heavy atom. The number of alkyl halides is 3. The number of aromatic hydroxyl groups is 2. The Morgan fingerprint density at radius 3 is 2.19 bits per heavy atom. The predicted octanol–water partition coefficient (Wildman–Crippen LogP) is 4.73. The van der Waals surface area contributed by atoms with E-state index in [1.807, 2.05) is 36.1 Å². The third-order valence-corrected chi connectivity index (χ3v) is 5.81. The summed E-state index contributed by atoms with van der Waals surface area (Å²) in [6.07, 6.45) is -3.55. The van der Waals surface area contributed by atoms with Crippen LogP contribution in [0.2, 0.25) is 0 Å². The van der Waals surface area contributed by atoms with Crippen LogP contribution in [-0.2, 0) is 6.18 Å². The molecule has 0 bridgehead atoms. The number of piperazine rings is 1. The third kappa shape index (κ3) is 4.50. The van der Waals surface area contributed by atoms with E-state index >= 15 is 0 Å². The van der Waals surface area contributed by atoms with E-state index in [4.69, 9.17) is 0 Å². The highest BCUT2D eigenvalue weighted by Gasteiger charge is 2.32. The first kappa shape index (κ1) is 22.0. The number of phenolic OH excluding ortho intramolecular Hbond substituents is 2. The van der Waals surface area contributed by atoms with Crippen molar-refractivity contribution < 1.29 is 23.4 Å². The Kier molecular flexibility index (Phi) is 5.97. The van der Waals surface area contributed by atoms with Gasteiger partial charge < -0.3 is 15.1 Å². The SMILES string of the molecule is Cc1ccc(C(c2cccc(O)c2O)N2CCN(c3ccc(C(F)(F)F)cn3)CC2)cc1. The van der Waals surface area contributed by atoms with Gasteiger partial charge in [-0.2, -0.15) is 13.2 Å². The molecule has 1 atom stereocenters. The lowest BCUT2D eigenvalue weighted by atomic mass is 9.94. The van der Waals surface area contributed by atoms with Crippen molar-refractivity contribution in [3.63, 3.8) is 0 Å². The molecule has 1 aliphatic heterocycles. The van der Waals surface area contributed by atoms with Crippen LogP contribution < -0.4 is 4.90 Å². The van der Waals surface area contributed by atoms with Crippen molar-refractivity contribution in [1.82, 2.24) is 9.88 Å². The Balaban J connectivity index is 1.56. The monoisotopic (exact) mass is 443 g/mol. The average Bonchev–Trinajstić information content (AvgIpc) is 2.78. The molecule has 1 unspecified atom stereocenters. The largest absolute Gasteiger partial charge is 0.504 e. The number of aromatic nitrogens is 1. The molecule has 4 rings (SSSR count). The molecule has 0 saturated carbocycles. The minimum absolute atomic E-state index is 0.148. The lowest BCUT2D eigenvalue weighted by Crippen LogP contribution is -2.48. The molecule has 168 valence electrons. The van der Waals surface area contributed by atoms with Crippen molar-refractivity contribution in [2.45, 2.75) is 19.1 Å². The first-order chi connectivity index (χ1) is 15.2. The second-order valence-corrected chi connectivity index (χ2v) is 7.95. The Labute approximate surface area is 184 Å². The zero-order chi connectivity index (χ0) is 22.9. The number of halogens is 3. The van der Waals surface area contributed by atoms with Crippen molar-refractivity contribution >= 4 is 5.82 Å². The summed E-state index contributed by atoms with van der Waals surface area (Å²) in [5.41, 5.74) is 1.94. The molecule has 0 radical (unpaired) electrons. The Morgan fingerprint density at radius 1 is 0.906 bits per heavy atom. The van der Waals surface area contributed by atoms with Crippen LogP contribution in [0.4, 0.5) is 19.0 Å². The van der Waals surface area contributed by atoms with Crippen LogP contribution in [-0.4, -0.2) is 46.3 Å². The van der Waals surface area contributed by atoms with Gasteiger partial charge in [0.2, 0.25) is 0 Å². The zero-order valence-corrected chi connectivity index (χ0v) is 17.5. The molecule has 2 heterocycles. The molecule has 1 aliphatic rings. The van der Waals surface area contributed by atoms with E-state index < -0.39 is 11.7 Å². The number of hydrogen-bond donors (Lipinski definition) is 2. The van der Waals surface area contributed by atoms with Crippen LogP contribution >= 0.6 is 0 Å². The van der Waals surface area contributed by atoms with Gasteiger partial charge in [0.25, 0.3) is 0 Å². The molecule has 2 N–H and O–H groups in total. The summed E-state index contributed by atoms with van der Waals surface area (Å²) in [6.45, 7) is 4.35. The molecule has 0 amide bonds. The number of rotatable bonds is 4. The lowest BCUT2D eigenvalue weighted by Gasteiger charge is -2.40. The standard InChI is InChI=1S/C24H24F3N3O2/c1-16-5-7-17(8-6-16)22(19-3-2-4-20(31)23(19)32)30-13-11-29(12-14-30)21-10-9-18(15-28-21)24(25,26)27/h2-10,15,22,31-32H,11-14H2,1H3. The maximum atomic E-state index is 12.8. The van der Waals surface area contributed by atoms with Crippen LogP contribution in [0.25, 0.3) is 0 Å². The summed E-state index contributed by atoms with van der Waals surface area (Å²) < 4.78 is 38.4. The van der Waals surface area contributed by atoms with Gasteiger partial charge in [-0.15, -0.1) is 0 Å². The van der Waals surface area contributed by atoms with Gasteiger partial charge in [-0.3, -0.25) is 4.90 Å². The molecule has 2 aromatic carbocycles. The van der Waals surface area contributed by atoms with Gasteiger partial charge in [-0.25, -0.2) is 4.98 Å². The van der Waals surface area contributed by atoms with Crippen molar-refractivity contribution in [1.29, 1.82) is 0 Å². The Bertz CT molecular complexity index is 1060. The van der Waals surface area contributed by atoms with Crippen LogP contribution in [0.1, 0.15) is 28.3 Å². The molecule has 0 spiro atoms. The normalized spacial score (nSPS) is 16.2. The van der Waals surface area contributed by atoms with E-state index in [0.29, 0.717) is 37.6 Å². The van der Waals surface area contributed by atoms with E-state index in [2.05, 4.69) is 9.88 Å². The molecular weight excluding hydrogens is 419 g/mol. The van der Waals surface area contributed by atoms with Gasteiger partial charge in [-0.05, 0) is 30.7 Å². The fourth-order valence-corrected chi connectivity index (χ4v) is 4.06. The number of nitrogens with zero attached hydrogens (tertiary/aromatic N) is 3. The number of phenols is 2. The first-order valence-corrected chi connectivity index (χ1v) is 10.3. The number of hydrogen-bond acceptors (Lipinski definition) is 5. The van der Waals surface area contributed by atoms with Crippen LogP contribution in [0.5, 0.6) is 11.5 Å². The van der Waals surface area contributed by atoms with Crippen LogP contribution in [0.3, 0.4) is 0 Å². The summed E-state index contributed by atoms with van der Waals surface area (Å²) in [5.74, 6) is 0.182. The van der Waals surface area contributed by atoms with Gasteiger partial charge in [0.05, 0.1) is 11.6 Å². The predicted molar refractivity (Wildman–Crippen MR) is 116 cm³/mol. The van der Waals surface area contributed by atoms with E-state index in [-0.39, 0.29) is 17.5 Å². The lowest BCUT2D eigenvalue weighted by molar-refractivity contribution is -0.137. The smallest absolute Gasteiger partial charge is 0.417 e. The average molecular weight is 443 g/mol. The third-order valence-electron chi connectivity index (χ3n) is 5.81. The van der Waals surface area contributed by atoms with E-state index in [1.54, 1.807) is 12.1 Å². The van der Waals surface area contributed by atoms with Gasteiger partial charge in [0.1, 0.15) is 5.82 Å². The van der Waals surface area contributed by atoms with E-state index in [1.165, 1.54) is 12.1 Å². The molecule has 1 aromatic heterocycles. The fourth-order valence-electron chi connectivity index (χ4n) is 4.06. The maximum Gasteiger partial charge on any atom is 0.417 e. The highest BCUT2D eigenvalue weighted by Crippen LogP contribution is 2.39. The van der Waals surface area contributed by atoms with Gasteiger partial charge in [0.15, 0.2) is 11.5 Å². The number of pyridine rings is 1. The Hall–Kier alpha value is -3.26. The number of para-hydroxylation sites is 1. The summed E-state index contributed by atoms with van der Waals surface area (Å²) >= 11 is 0. The second-order valence-electron chi connectivity index (χ2n) is 7.95. The molecule has 1 saturated heterocycles. The van der Waals surface area contributed by atoms with Crippen LogP contribution in [0.15, 0.2) is 60.8 Å². The first-order valence-electron chi connectivity index (χ1n) is 10.3. The topological polar surface area (TPSA) is 59.8 Å².